The summed E-state index contributed by atoms with van der Waals surface area (Å²) >= 11 is 0. The largest absolute Gasteiger partial charge is 0.478 e. The first kappa shape index (κ1) is 7.68. The molecule has 0 spiro atoms. The van der Waals surface area contributed by atoms with Crippen LogP contribution in [-0.4, -0.2) is 28.9 Å². The molecule has 1 aliphatic rings. The second-order valence-electron chi connectivity index (χ2n) is 2.44. The van der Waals surface area contributed by atoms with Gasteiger partial charge < -0.3 is 5.11 Å². The fourth-order valence-corrected chi connectivity index (χ4v) is 0.715. The van der Waals surface area contributed by atoms with Crippen molar-refractivity contribution in [1.82, 2.24) is 0 Å². The summed E-state index contributed by atoms with van der Waals surface area (Å²) in [5.74, 6) is -0.946. The van der Waals surface area contributed by atoms with Gasteiger partial charge in [-0.25, -0.2) is 14.3 Å². The van der Waals surface area contributed by atoms with Crippen molar-refractivity contribution in [1.29, 1.82) is 0 Å². The fraction of sp³-hybridized carbons (Fsp3) is 0.143. The quantitative estimate of drug-likeness (QED) is 0.465. The standard InChI is InChI=1S/C7H8N2O2/c1-9(4-2-7(10)11)5-3-8-6-9/h2-6H,1H3/p+1. The molecule has 1 atom stereocenters. The lowest BCUT2D eigenvalue weighted by atomic mass is 10.5. The molecule has 0 aromatic rings. The minimum atomic E-state index is -0.946. The number of carboxylic acids is 1. The third-order valence-electron chi connectivity index (χ3n) is 1.33. The maximum absolute atomic E-state index is 10.1. The van der Waals surface area contributed by atoms with Crippen LogP contribution >= 0.6 is 0 Å². The molecule has 0 amide bonds. The normalized spacial score (nSPS) is 28.5. The number of aliphatic imine (C=N–C) groups is 1. The highest BCUT2D eigenvalue weighted by Crippen LogP contribution is 2.07. The summed E-state index contributed by atoms with van der Waals surface area (Å²) in [6.45, 7) is 0. The van der Waals surface area contributed by atoms with Gasteiger partial charge in [0.05, 0.1) is 19.3 Å². The van der Waals surface area contributed by atoms with E-state index in [0.29, 0.717) is 4.48 Å². The Morgan fingerprint density at radius 1 is 1.73 bits per heavy atom. The van der Waals surface area contributed by atoms with Crippen LogP contribution in [0.15, 0.2) is 29.7 Å². The van der Waals surface area contributed by atoms with Gasteiger partial charge in [-0.2, -0.15) is 0 Å². The van der Waals surface area contributed by atoms with Crippen LogP contribution in [0.3, 0.4) is 0 Å². The van der Waals surface area contributed by atoms with Gasteiger partial charge in [0.25, 0.3) is 0 Å². The number of hydrogen-bond acceptors (Lipinski definition) is 2. The van der Waals surface area contributed by atoms with Gasteiger partial charge in [0, 0.05) is 0 Å². The van der Waals surface area contributed by atoms with Crippen LogP contribution in [0.25, 0.3) is 0 Å². The van der Waals surface area contributed by atoms with E-state index in [1.807, 2.05) is 7.05 Å². The fourth-order valence-electron chi connectivity index (χ4n) is 0.715. The Hall–Kier alpha value is -1.42. The summed E-state index contributed by atoms with van der Waals surface area (Å²) in [6, 6.07) is 0. The first-order valence-corrected chi connectivity index (χ1v) is 3.12. The zero-order valence-corrected chi connectivity index (χ0v) is 6.14. The Labute approximate surface area is 64.4 Å². The van der Waals surface area contributed by atoms with Crippen LogP contribution in [0.4, 0.5) is 0 Å². The van der Waals surface area contributed by atoms with Crippen LogP contribution in [0.2, 0.25) is 0 Å². The maximum atomic E-state index is 10.1. The van der Waals surface area contributed by atoms with Crippen molar-refractivity contribution in [3.8, 4) is 0 Å². The van der Waals surface area contributed by atoms with Crippen molar-refractivity contribution in [3.63, 3.8) is 0 Å². The summed E-state index contributed by atoms with van der Waals surface area (Å²) in [7, 11) is 1.83. The first-order valence-electron chi connectivity index (χ1n) is 3.12. The van der Waals surface area contributed by atoms with Crippen molar-refractivity contribution in [2.24, 2.45) is 4.99 Å². The average Bonchev–Trinajstić information content (AvgIpc) is 2.33. The molecule has 1 N–H and O–H groups in total. The highest BCUT2D eigenvalue weighted by molar-refractivity contribution is 5.79. The zero-order chi connectivity index (χ0) is 8.32. The van der Waals surface area contributed by atoms with Gasteiger partial charge in [-0.1, -0.05) is 0 Å². The minimum Gasteiger partial charge on any atom is -0.478 e. The number of rotatable bonds is 2. The van der Waals surface area contributed by atoms with Crippen molar-refractivity contribution in [2.75, 3.05) is 7.05 Å². The summed E-state index contributed by atoms with van der Waals surface area (Å²) in [6.07, 6.45) is 7.68. The summed E-state index contributed by atoms with van der Waals surface area (Å²) in [4.78, 5) is 14.0. The molecule has 4 heteroatoms. The number of nitrogens with zero attached hydrogens (tertiary/aromatic N) is 2. The third kappa shape index (κ3) is 2.01. The van der Waals surface area contributed by atoms with Gasteiger partial charge in [0.2, 0.25) is 0 Å². The molecule has 0 saturated carbocycles. The van der Waals surface area contributed by atoms with Crippen LogP contribution in [0, 0.1) is 0 Å². The van der Waals surface area contributed by atoms with E-state index in [1.54, 1.807) is 18.7 Å². The Balaban J connectivity index is 2.68. The predicted molar refractivity (Wildman–Crippen MR) is 40.6 cm³/mol. The Morgan fingerprint density at radius 2 is 2.45 bits per heavy atom. The van der Waals surface area contributed by atoms with Crippen LogP contribution in [-0.2, 0) is 4.79 Å². The molecule has 58 valence electrons. The molecule has 0 bridgehead atoms. The number of aliphatic carboxylic acids is 1. The molecule has 1 unspecified atom stereocenters. The molecule has 0 aromatic heterocycles. The number of carbonyl (C=O) groups is 1. The zero-order valence-electron chi connectivity index (χ0n) is 6.14. The molecular weight excluding hydrogens is 144 g/mol. The molecule has 4 nitrogen and oxygen atoms in total. The second kappa shape index (κ2) is 2.67. The third-order valence-corrected chi connectivity index (χ3v) is 1.33. The summed E-state index contributed by atoms with van der Waals surface area (Å²) in [5, 5.41) is 8.32. The molecule has 0 aliphatic carbocycles. The van der Waals surface area contributed by atoms with Crippen molar-refractivity contribution < 1.29 is 14.4 Å². The highest BCUT2D eigenvalue weighted by Gasteiger charge is 2.15. The number of hydrogen-bond donors (Lipinski definition) is 1. The van der Waals surface area contributed by atoms with Gasteiger partial charge in [0.15, 0.2) is 6.34 Å². The summed E-state index contributed by atoms with van der Waals surface area (Å²) < 4.78 is 0.312. The monoisotopic (exact) mass is 153 g/mol. The molecule has 0 fully saturated rings. The van der Waals surface area contributed by atoms with E-state index in [0.717, 1.165) is 6.08 Å². The molecular formula is C7H9N2O2+. The SMILES string of the molecule is C[N+]1(C=CC(=O)O)C=CN=C1. The van der Waals surface area contributed by atoms with Crippen LogP contribution in [0.1, 0.15) is 0 Å². The molecule has 11 heavy (non-hydrogen) atoms. The van der Waals surface area contributed by atoms with Crippen LogP contribution in [0.5, 0.6) is 0 Å². The maximum Gasteiger partial charge on any atom is 0.333 e. The molecule has 0 saturated heterocycles. The Kier molecular flexibility index (Phi) is 1.87. The second-order valence-corrected chi connectivity index (χ2v) is 2.44. The van der Waals surface area contributed by atoms with Crippen molar-refractivity contribution in [2.45, 2.75) is 0 Å². The number of quaternary nitrogens is 1. The lowest BCUT2D eigenvalue weighted by molar-refractivity contribution is -0.696. The lowest BCUT2D eigenvalue weighted by Gasteiger charge is -2.13. The van der Waals surface area contributed by atoms with Crippen LogP contribution < -0.4 is 0 Å². The average molecular weight is 153 g/mol. The van der Waals surface area contributed by atoms with E-state index >= 15 is 0 Å². The molecule has 0 aromatic carbocycles. The van der Waals surface area contributed by atoms with Crippen molar-refractivity contribution in [3.05, 3.63) is 24.7 Å². The Morgan fingerprint density at radius 3 is 2.91 bits per heavy atom. The van der Waals surface area contributed by atoms with Gasteiger partial charge in [-0.05, 0) is 0 Å². The van der Waals surface area contributed by atoms with Gasteiger partial charge in [-0.3, -0.25) is 0 Å². The lowest BCUT2D eigenvalue weighted by Crippen LogP contribution is -2.27. The van der Waals surface area contributed by atoms with E-state index < -0.39 is 5.97 Å². The van der Waals surface area contributed by atoms with E-state index in [9.17, 15) is 4.79 Å². The molecule has 1 aliphatic heterocycles. The van der Waals surface area contributed by atoms with Gasteiger partial charge in [-0.15, -0.1) is 0 Å². The van der Waals surface area contributed by atoms with E-state index in [-0.39, 0.29) is 0 Å². The van der Waals surface area contributed by atoms with E-state index in [2.05, 4.69) is 4.99 Å². The van der Waals surface area contributed by atoms with Gasteiger partial charge in [0.1, 0.15) is 12.4 Å². The highest BCUT2D eigenvalue weighted by atomic mass is 16.4. The Bertz CT molecular complexity index is 241. The summed E-state index contributed by atoms with van der Waals surface area (Å²) in [5.41, 5.74) is 0. The van der Waals surface area contributed by atoms with E-state index in [1.165, 1.54) is 6.20 Å². The smallest absolute Gasteiger partial charge is 0.333 e. The molecule has 1 rings (SSSR count). The first-order chi connectivity index (χ1) is 5.12. The topological polar surface area (TPSA) is 49.7 Å². The predicted octanol–water partition coefficient (Wildman–Crippen LogP) is 0.544. The molecule has 0 radical (unpaired) electrons. The molecule has 1 heterocycles. The van der Waals surface area contributed by atoms with Crippen molar-refractivity contribution >= 4 is 12.3 Å². The number of carboxylic acid groups (broad SMARTS) is 1. The minimum absolute atomic E-state index is 0.312. The van der Waals surface area contributed by atoms with E-state index in [4.69, 9.17) is 5.11 Å². The van der Waals surface area contributed by atoms with Gasteiger partial charge >= 0.3 is 5.97 Å².